The molecule has 33 heavy (non-hydrogen) atoms. The van der Waals surface area contributed by atoms with E-state index < -0.39 is 32.0 Å². The number of thiocarbonyl (C=S) groups is 1. The third-order valence-electron chi connectivity index (χ3n) is 6.03. The van der Waals surface area contributed by atoms with Gasteiger partial charge in [0.25, 0.3) is 5.91 Å². The van der Waals surface area contributed by atoms with Gasteiger partial charge in [0.15, 0.2) is 11.5 Å². The Kier molecular flexibility index (Phi) is 5.14. The second-order valence-electron chi connectivity index (χ2n) is 8.22. The number of phenolic OH excluding ortho intramolecular Hbond substituents is 1. The standard InChI is InChI=1S/C19H20N3O8PS2/c1-21-5-22(19(32)33-7-21)6-28-31(25)29-11-3-2-9-10-4-12-17(27-8-26-12)15(23)13(10)18(24)20-14(9)16(11)30-31/h2,4,11,14,16,23H,3,5-8H2,1H3,(H,20,24). The van der Waals surface area contributed by atoms with Crippen LogP contribution >= 0.6 is 31.8 Å². The predicted molar refractivity (Wildman–Crippen MR) is 121 cm³/mol. The van der Waals surface area contributed by atoms with Gasteiger partial charge in [-0.25, -0.2) is 4.57 Å². The third-order valence-corrected chi connectivity index (χ3v) is 9.18. The second kappa shape index (κ2) is 7.84. The Hall–Kier alpha value is -1.86. The number of amides is 1. The first-order valence-electron chi connectivity index (χ1n) is 10.2. The molecule has 0 radical (unpaired) electrons. The Morgan fingerprint density at radius 1 is 1.39 bits per heavy atom. The van der Waals surface area contributed by atoms with Crippen LogP contribution in [0.2, 0.25) is 0 Å². The minimum absolute atomic E-state index is 0.0349. The maximum absolute atomic E-state index is 13.3. The van der Waals surface area contributed by atoms with Gasteiger partial charge in [-0.05, 0) is 30.7 Å². The topological polar surface area (TPSA) is 119 Å². The summed E-state index contributed by atoms with van der Waals surface area (Å²) in [5, 5.41) is 13.4. The molecule has 2 saturated heterocycles. The zero-order valence-electron chi connectivity index (χ0n) is 17.4. The molecular formula is C19H20N3O8PS2. The fourth-order valence-electron chi connectivity index (χ4n) is 4.54. The third kappa shape index (κ3) is 3.54. The number of carbonyl (C=O) groups is 1. The van der Waals surface area contributed by atoms with E-state index in [0.717, 1.165) is 11.4 Å². The van der Waals surface area contributed by atoms with Gasteiger partial charge < -0.3 is 24.8 Å². The number of phosphoric ester groups is 1. The van der Waals surface area contributed by atoms with Gasteiger partial charge in [-0.3, -0.25) is 23.3 Å². The van der Waals surface area contributed by atoms with Gasteiger partial charge in [0.2, 0.25) is 12.5 Å². The number of benzene rings is 1. The number of hydrogen-bond donors (Lipinski definition) is 2. The predicted octanol–water partition coefficient (Wildman–Crippen LogP) is 2.07. The first-order chi connectivity index (χ1) is 15.8. The lowest BCUT2D eigenvalue weighted by Crippen LogP contribution is -2.52. The van der Waals surface area contributed by atoms with Gasteiger partial charge in [-0.1, -0.05) is 30.1 Å². The van der Waals surface area contributed by atoms with Crippen molar-refractivity contribution in [1.82, 2.24) is 15.1 Å². The molecule has 5 aliphatic rings. The highest BCUT2D eigenvalue weighted by molar-refractivity contribution is 8.22. The molecule has 2 N–H and O–H groups in total. The monoisotopic (exact) mass is 513 g/mol. The van der Waals surface area contributed by atoms with Crippen molar-refractivity contribution in [3.8, 4) is 17.2 Å². The van der Waals surface area contributed by atoms with Crippen molar-refractivity contribution in [2.45, 2.75) is 24.7 Å². The molecule has 14 heteroatoms. The van der Waals surface area contributed by atoms with Crippen LogP contribution in [0.15, 0.2) is 12.1 Å². The van der Waals surface area contributed by atoms with Crippen LogP contribution in [0.25, 0.3) is 5.57 Å². The molecule has 1 amide bonds. The number of nitrogens with zero attached hydrogens (tertiary/aromatic N) is 2. The lowest BCUT2D eigenvalue weighted by Gasteiger charge is -2.36. The quantitative estimate of drug-likeness (QED) is 0.455. The van der Waals surface area contributed by atoms with E-state index in [1.165, 1.54) is 11.8 Å². The van der Waals surface area contributed by atoms with E-state index >= 15 is 0 Å². The molecule has 0 saturated carbocycles. The van der Waals surface area contributed by atoms with Crippen molar-refractivity contribution in [3.63, 3.8) is 0 Å². The molecule has 4 heterocycles. The molecule has 4 aliphatic heterocycles. The average molecular weight is 513 g/mol. The van der Waals surface area contributed by atoms with Crippen LogP contribution in [0, 0.1) is 0 Å². The molecule has 1 aliphatic carbocycles. The van der Waals surface area contributed by atoms with Gasteiger partial charge in [-0.2, -0.15) is 0 Å². The Morgan fingerprint density at radius 3 is 3.09 bits per heavy atom. The molecule has 0 spiro atoms. The summed E-state index contributed by atoms with van der Waals surface area (Å²) in [7, 11) is -1.94. The summed E-state index contributed by atoms with van der Waals surface area (Å²) in [5.74, 6) is 0.526. The maximum atomic E-state index is 13.3. The van der Waals surface area contributed by atoms with Crippen LogP contribution in [-0.2, 0) is 18.1 Å². The molecule has 1 aromatic rings. The molecule has 176 valence electrons. The number of aromatic hydroxyl groups is 1. The molecule has 0 bridgehead atoms. The number of carbonyl (C=O) groups excluding carboxylic acids is 1. The fourth-order valence-corrected chi connectivity index (χ4v) is 7.06. The van der Waals surface area contributed by atoms with Crippen molar-refractivity contribution >= 4 is 47.6 Å². The molecule has 2 fully saturated rings. The number of ether oxygens (including phenoxy) is 2. The van der Waals surface area contributed by atoms with Gasteiger partial charge in [0, 0.05) is 0 Å². The number of phosphoric acid groups is 1. The number of phenols is 1. The second-order valence-corrected chi connectivity index (χ2v) is 11.4. The summed E-state index contributed by atoms with van der Waals surface area (Å²) in [6, 6.07) is 1.05. The summed E-state index contributed by atoms with van der Waals surface area (Å²) >= 11 is 6.84. The summed E-state index contributed by atoms with van der Waals surface area (Å²) < 4.78 is 41.7. The fraction of sp³-hybridized carbons (Fsp3) is 0.474. The highest BCUT2D eigenvalue weighted by atomic mass is 32.2. The van der Waals surface area contributed by atoms with Crippen LogP contribution in [0.3, 0.4) is 0 Å². The number of thioether (sulfide) groups is 1. The van der Waals surface area contributed by atoms with Crippen LogP contribution in [0.1, 0.15) is 22.3 Å². The minimum Gasteiger partial charge on any atom is -0.504 e. The smallest absolute Gasteiger partial charge is 0.477 e. The van der Waals surface area contributed by atoms with Crippen molar-refractivity contribution in [1.29, 1.82) is 0 Å². The van der Waals surface area contributed by atoms with E-state index in [4.69, 9.17) is 35.3 Å². The van der Waals surface area contributed by atoms with Gasteiger partial charge >= 0.3 is 7.82 Å². The normalized spacial score (nSPS) is 32.7. The highest BCUT2D eigenvalue weighted by Crippen LogP contribution is 2.61. The Labute approximate surface area is 198 Å². The van der Waals surface area contributed by atoms with Crippen molar-refractivity contribution in [2.75, 3.05) is 33.1 Å². The number of nitrogens with one attached hydrogen (secondary N) is 1. The summed E-state index contributed by atoms with van der Waals surface area (Å²) in [4.78, 5) is 16.7. The van der Waals surface area contributed by atoms with E-state index in [9.17, 15) is 14.5 Å². The van der Waals surface area contributed by atoms with E-state index in [1.807, 2.05) is 18.0 Å². The molecule has 6 rings (SSSR count). The highest BCUT2D eigenvalue weighted by Gasteiger charge is 2.54. The number of hydrogen-bond acceptors (Lipinski definition) is 11. The van der Waals surface area contributed by atoms with Crippen LogP contribution < -0.4 is 14.8 Å². The van der Waals surface area contributed by atoms with Crippen LogP contribution in [0.4, 0.5) is 0 Å². The van der Waals surface area contributed by atoms with E-state index in [2.05, 4.69) is 5.32 Å². The molecular weight excluding hydrogens is 493 g/mol. The van der Waals surface area contributed by atoms with Crippen molar-refractivity contribution < 1.29 is 37.5 Å². The van der Waals surface area contributed by atoms with Crippen LogP contribution in [-0.4, -0.2) is 76.5 Å². The van der Waals surface area contributed by atoms with Crippen LogP contribution in [0.5, 0.6) is 17.2 Å². The summed E-state index contributed by atoms with van der Waals surface area (Å²) in [5.41, 5.74) is 1.36. The minimum atomic E-state index is -3.89. The summed E-state index contributed by atoms with van der Waals surface area (Å²) in [6.45, 7) is 0.469. The lowest BCUT2D eigenvalue weighted by atomic mass is 9.80. The number of rotatable bonds is 3. The van der Waals surface area contributed by atoms with Gasteiger partial charge in [-0.15, -0.1) is 0 Å². The zero-order chi connectivity index (χ0) is 22.9. The summed E-state index contributed by atoms with van der Waals surface area (Å²) in [6.07, 6.45) is 1.01. The SMILES string of the molecule is CN1CSC(=S)N(COP2(=O)OC3CC=C4c5cc6c(c(O)c5C(=O)NC4C3O2)OCO6)C1. The van der Waals surface area contributed by atoms with Crippen molar-refractivity contribution in [2.24, 2.45) is 0 Å². The molecule has 0 aromatic heterocycles. The molecule has 4 unspecified atom stereocenters. The Balaban J connectivity index is 1.23. The number of fused-ring (bicyclic) bond motifs is 6. The first kappa shape index (κ1) is 21.7. The van der Waals surface area contributed by atoms with Crippen molar-refractivity contribution in [3.05, 3.63) is 23.3 Å². The Bertz CT molecular complexity index is 1150. The van der Waals surface area contributed by atoms with Gasteiger partial charge in [0.05, 0.1) is 24.2 Å². The van der Waals surface area contributed by atoms with E-state index in [1.54, 1.807) is 11.0 Å². The molecule has 11 nitrogen and oxygen atoms in total. The first-order valence-corrected chi connectivity index (χ1v) is 13.1. The largest absolute Gasteiger partial charge is 0.504 e. The lowest BCUT2D eigenvalue weighted by molar-refractivity contribution is 0.0835. The van der Waals surface area contributed by atoms with Gasteiger partial charge in [0.1, 0.15) is 23.3 Å². The van der Waals surface area contributed by atoms with E-state index in [0.29, 0.717) is 28.7 Å². The Morgan fingerprint density at radius 2 is 2.24 bits per heavy atom. The zero-order valence-corrected chi connectivity index (χ0v) is 19.9. The van der Waals surface area contributed by atoms with E-state index in [-0.39, 0.29) is 30.6 Å². The molecule has 4 atom stereocenters. The average Bonchev–Trinajstić information content (AvgIpc) is 3.39. The molecule has 1 aromatic carbocycles. The maximum Gasteiger partial charge on any atom is 0.477 e.